The van der Waals surface area contributed by atoms with E-state index in [1.807, 2.05) is 33.3 Å². The number of amides is 1. The van der Waals surface area contributed by atoms with Crippen molar-refractivity contribution < 1.29 is 9.53 Å². The van der Waals surface area contributed by atoms with Crippen molar-refractivity contribution in [3.63, 3.8) is 0 Å². The molecule has 2 saturated heterocycles. The van der Waals surface area contributed by atoms with Crippen LogP contribution in [0, 0.1) is 0 Å². The second kappa shape index (κ2) is 13.1. The highest BCUT2D eigenvalue weighted by Gasteiger charge is 2.31. The standard InChI is InChI=1S/C23H38N6O2.HI/c1-24-23(25-13-8-15-28-14-7-10-20(28)22(30)27(2)3)26-18-12-16-29(17-18)19-9-5-6-11-21(19)31-4;/h5-6,9,11,18,20H,7-8,10,12-17H2,1-4H3,(H2,24,25,26);1H. The molecule has 1 amide bonds. The average molecular weight is 559 g/mol. The minimum Gasteiger partial charge on any atom is -0.495 e. The molecular formula is C23H39IN6O2. The molecule has 2 heterocycles. The van der Waals surface area contributed by atoms with Gasteiger partial charge in [0, 0.05) is 53.4 Å². The first kappa shape index (κ1) is 26.5. The fourth-order valence-corrected chi connectivity index (χ4v) is 4.54. The van der Waals surface area contributed by atoms with Gasteiger partial charge in [0.1, 0.15) is 5.75 Å². The summed E-state index contributed by atoms with van der Waals surface area (Å²) in [5.41, 5.74) is 1.14. The Balaban J connectivity index is 0.00000363. The van der Waals surface area contributed by atoms with Crippen LogP contribution in [0.25, 0.3) is 0 Å². The van der Waals surface area contributed by atoms with Crippen molar-refractivity contribution in [1.82, 2.24) is 20.4 Å². The predicted molar refractivity (Wildman–Crippen MR) is 141 cm³/mol. The summed E-state index contributed by atoms with van der Waals surface area (Å²) in [4.78, 5) is 23.1. The number of ether oxygens (including phenoxy) is 1. The molecule has 0 radical (unpaired) electrons. The van der Waals surface area contributed by atoms with Gasteiger partial charge in [-0.2, -0.15) is 0 Å². The summed E-state index contributed by atoms with van der Waals surface area (Å²) >= 11 is 0. The number of benzene rings is 1. The van der Waals surface area contributed by atoms with Crippen LogP contribution in [0.15, 0.2) is 29.3 Å². The number of carbonyl (C=O) groups is 1. The molecule has 0 spiro atoms. The first-order valence-electron chi connectivity index (χ1n) is 11.3. The van der Waals surface area contributed by atoms with Crippen LogP contribution in [0.5, 0.6) is 5.75 Å². The highest BCUT2D eigenvalue weighted by atomic mass is 127. The van der Waals surface area contributed by atoms with Crippen molar-refractivity contribution in [1.29, 1.82) is 0 Å². The Morgan fingerprint density at radius 1 is 1.25 bits per heavy atom. The summed E-state index contributed by atoms with van der Waals surface area (Å²) in [5.74, 6) is 1.98. The number of aliphatic imine (C=N–C) groups is 1. The van der Waals surface area contributed by atoms with Gasteiger partial charge >= 0.3 is 0 Å². The molecule has 3 rings (SSSR count). The van der Waals surface area contributed by atoms with E-state index in [0.717, 1.165) is 75.8 Å². The van der Waals surface area contributed by atoms with Gasteiger partial charge in [-0.15, -0.1) is 24.0 Å². The summed E-state index contributed by atoms with van der Waals surface area (Å²) < 4.78 is 5.51. The number of carbonyl (C=O) groups excluding carboxylic acids is 1. The van der Waals surface area contributed by atoms with E-state index in [9.17, 15) is 4.79 Å². The van der Waals surface area contributed by atoms with Gasteiger partial charge in [0.25, 0.3) is 0 Å². The van der Waals surface area contributed by atoms with E-state index in [1.165, 1.54) is 0 Å². The molecule has 2 aliphatic rings. The number of hydrogen-bond donors (Lipinski definition) is 2. The molecule has 0 aliphatic carbocycles. The molecule has 2 unspecified atom stereocenters. The molecule has 32 heavy (non-hydrogen) atoms. The van der Waals surface area contributed by atoms with Gasteiger partial charge < -0.3 is 25.2 Å². The number of likely N-dealkylation sites (N-methyl/N-ethyl adjacent to an activating group) is 1. The van der Waals surface area contributed by atoms with Gasteiger partial charge in [0.05, 0.1) is 18.8 Å². The van der Waals surface area contributed by atoms with Crippen molar-refractivity contribution >= 4 is 41.5 Å². The Labute approximate surface area is 209 Å². The Bertz CT molecular complexity index is 760. The summed E-state index contributed by atoms with van der Waals surface area (Å²) in [6, 6.07) is 8.56. The number of guanidine groups is 1. The van der Waals surface area contributed by atoms with Crippen molar-refractivity contribution in [3.8, 4) is 5.75 Å². The lowest BCUT2D eigenvalue weighted by molar-refractivity contribution is -0.133. The monoisotopic (exact) mass is 558 g/mol. The Kier molecular flexibility index (Phi) is 10.8. The van der Waals surface area contributed by atoms with Crippen molar-refractivity contribution in [2.45, 2.75) is 37.8 Å². The van der Waals surface area contributed by atoms with Gasteiger partial charge in [-0.05, 0) is 44.4 Å². The fourth-order valence-electron chi connectivity index (χ4n) is 4.54. The normalized spacial score (nSPS) is 21.2. The van der Waals surface area contributed by atoms with E-state index in [0.29, 0.717) is 6.04 Å². The third kappa shape index (κ3) is 6.87. The number of methoxy groups -OCH3 is 1. The highest BCUT2D eigenvalue weighted by Crippen LogP contribution is 2.30. The molecule has 180 valence electrons. The summed E-state index contributed by atoms with van der Waals surface area (Å²) in [7, 11) is 7.22. The second-order valence-electron chi connectivity index (χ2n) is 8.53. The molecule has 2 aliphatic heterocycles. The summed E-state index contributed by atoms with van der Waals surface area (Å²) in [5, 5.41) is 6.99. The zero-order valence-electron chi connectivity index (χ0n) is 19.8. The lowest BCUT2D eigenvalue weighted by atomic mass is 10.2. The molecule has 2 fully saturated rings. The zero-order chi connectivity index (χ0) is 22.2. The molecule has 0 bridgehead atoms. The van der Waals surface area contributed by atoms with Crippen LogP contribution in [0.1, 0.15) is 25.7 Å². The van der Waals surface area contributed by atoms with Crippen LogP contribution in [-0.4, -0.2) is 94.7 Å². The highest BCUT2D eigenvalue weighted by molar-refractivity contribution is 14.0. The van der Waals surface area contributed by atoms with E-state index in [4.69, 9.17) is 4.74 Å². The number of likely N-dealkylation sites (tertiary alicyclic amines) is 1. The third-order valence-corrected chi connectivity index (χ3v) is 6.18. The molecule has 8 nitrogen and oxygen atoms in total. The van der Waals surface area contributed by atoms with Gasteiger partial charge in [0.15, 0.2) is 5.96 Å². The second-order valence-corrected chi connectivity index (χ2v) is 8.53. The van der Waals surface area contributed by atoms with Crippen LogP contribution >= 0.6 is 24.0 Å². The van der Waals surface area contributed by atoms with Crippen LogP contribution in [-0.2, 0) is 4.79 Å². The number of halogens is 1. The Morgan fingerprint density at radius 2 is 2.03 bits per heavy atom. The van der Waals surface area contributed by atoms with E-state index < -0.39 is 0 Å². The number of para-hydroxylation sites is 2. The molecular weight excluding hydrogens is 519 g/mol. The van der Waals surface area contributed by atoms with Crippen molar-refractivity contribution in [3.05, 3.63) is 24.3 Å². The maximum Gasteiger partial charge on any atom is 0.239 e. The Hall–Kier alpha value is -1.75. The maximum atomic E-state index is 12.3. The van der Waals surface area contributed by atoms with Crippen molar-refractivity contribution in [2.24, 2.45) is 4.99 Å². The topological polar surface area (TPSA) is 72.4 Å². The summed E-state index contributed by atoms with van der Waals surface area (Å²) in [6.07, 6.45) is 4.11. The molecule has 2 atom stereocenters. The average Bonchev–Trinajstić information content (AvgIpc) is 3.44. The lowest BCUT2D eigenvalue weighted by Gasteiger charge is -2.26. The van der Waals surface area contributed by atoms with E-state index in [1.54, 1.807) is 12.0 Å². The molecule has 9 heteroatoms. The largest absolute Gasteiger partial charge is 0.495 e. The minimum absolute atomic E-state index is 0. The van der Waals surface area contributed by atoms with Gasteiger partial charge in [-0.25, -0.2) is 0 Å². The SMILES string of the molecule is CN=C(NCCCN1CCCC1C(=O)N(C)C)NC1CCN(c2ccccc2OC)C1.I. The zero-order valence-corrected chi connectivity index (χ0v) is 22.2. The fraction of sp³-hybridized carbons (Fsp3) is 0.652. The smallest absolute Gasteiger partial charge is 0.239 e. The number of rotatable bonds is 8. The number of anilines is 1. The van der Waals surface area contributed by atoms with Gasteiger partial charge in [-0.1, -0.05) is 12.1 Å². The molecule has 1 aromatic rings. The van der Waals surface area contributed by atoms with Gasteiger partial charge in [-0.3, -0.25) is 14.7 Å². The molecule has 0 saturated carbocycles. The maximum absolute atomic E-state index is 12.3. The predicted octanol–water partition coefficient (Wildman–Crippen LogP) is 2.00. The number of hydrogen-bond acceptors (Lipinski definition) is 5. The minimum atomic E-state index is 0. The van der Waals surface area contributed by atoms with Crippen LogP contribution in [0.2, 0.25) is 0 Å². The Morgan fingerprint density at radius 3 is 2.75 bits per heavy atom. The number of nitrogens with zero attached hydrogens (tertiary/aromatic N) is 4. The van der Waals surface area contributed by atoms with Crippen LogP contribution < -0.4 is 20.3 Å². The first-order valence-corrected chi connectivity index (χ1v) is 11.3. The number of nitrogens with one attached hydrogen (secondary N) is 2. The first-order chi connectivity index (χ1) is 15.0. The van der Waals surface area contributed by atoms with E-state index in [2.05, 4.69) is 37.6 Å². The summed E-state index contributed by atoms with van der Waals surface area (Å²) in [6.45, 7) is 4.69. The molecule has 2 N–H and O–H groups in total. The molecule has 0 aromatic heterocycles. The lowest BCUT2D eigenvalue weighted by Crippen LogP contribution is -2.46. The van der Waals surface area contributed by atoms with E-state index in [-0.39, 0.29) is 35.9 Å². The molecule has 1 aromatic carbocycles. The van der Waals surface area contributed by atoms with Gasteiger partial charge in [0.2, 0.25) is 5.91 Å². The van der Waals surface area contributed by atoms with E-state index >= 15 is 0 Å². The quantitative estimate of drug-likeness (QED) is 0.220. The third-order valence-electron chi connectivity index (χ3n) is 6.18. The van der Waals surface area contributed by atoms with Crippen molar-refractivity contribution in [2.75, 3.05) is 65.9 Å². The van der Waals surface area contributed by atoms with Crippen LogP contribution in [0.4, 0.5) is 5.69 Å². The van der Waals surface area contributed by atoms with Crippen LogP contribution in [0.3, 0.4) is 0 Å².